The fourth-order valence-corrected chi connectivity index (χ4v) is 2.79. The average molecular weight is 366 g/mol. The molecule has 9 nitrogen and oxygen atoms in total. The number of anilines is 2. The number of aromatic nitrogens is 4. The molecule has 2 amide bonds. The summed E-state index contributed by atoms with van der Waals surface area (Å²) in [6, 6.07) is 8.40. The van der Waals surface area contributed by atoms with Gasteiger partial charge >= 0.3 is 6.03 Å². The Hall–Kier alpha value is -3.62. The molecule has 3 heterocycles. The third kappa shape index (κ3) is 3.66. The number of rotatable bonds is 3. The van der Waals surface area contributed by atoms with Crippen LogP contribution in [0.5, 0.6) is 11.5 Å². The summed E-state index contributed by atoms with van der Waals surface area (Å²) in [6.45, 7) is 4.85. The highest BCUT2D eigenvalue weighted by Crippen LogP contribution is 2.32. The summed E-state index contributed by atoms with van der Waals surface area (Å²) in [5.74, 6) is 2.21. The molecule has 0 fully saturated rings. The summed E-state index contributed by atoms with van der Waals surface area (Å²) in [6.07, 6.45) is 1.38. The quantitative estimate of drug-likeness (QED) is 0.739. The first kappa shape index (κ1) is 16.8. The summed E-state index contributed by atoms with van der Waals surface area (Å²) >= 11 is 0. The maximum absolute atomic E-state index is 12.3. The third-order valence-corrected chi connectivity index (χ3v) is 3.92. The molecule has 0 bridgehead atoms. The molecule has 0 unspecified atom stereocenters. The van der Waals surface area contributed by atoms with Crippen LogP contribution < -0.4 is 20.1 Å². The van der Waals surface area contributed by atoms with Gasteiger partial charge in [-0.15, -0.1) is 0 Å². The van der Waals surface area contributed by atoms with Crippen LogP contribution in [0.15, 0.2) is 36.7 Å². The highest BCUT2D eigenvalue weighted by molar-refractivity contribution is 5.99. The molecule has 3 aromatic rings. The highest BCUT2D eigenvalue weighted by Gasteiger charge is 2.13. The first-order chi connectivity index (χ1) is 13.1. The molecule has 9 heteroatoms. The molecule has 0 radical (unpaired) electrons. The first-order valence-corrected chi connectivity index (χ1v) is 8.42. The van der Waals surface area contributed by atoms with Gasteiger partial charge in [0.15, 0.2) is 17.3 Å². The highest BCUT2D eigenvalue weighted by atomic mass is 16.6. The maximum Gasteiger partial charge on any atom is 0.324 e. The largest absolute Gasteiger partial charge is 0.486 e. The van der Waals surface area contributed by atoms with E-state index in [4.69, 9.17) is 9.47 Å². The Morgan fingerprint density at radius 2 is 1.85 bits per heavy atom. The topological polar surface area (TPSA) is 103 Å². The molecule has 1 aliphatic rings. The number of nitrogens with one attached hydrogen (secondary N) is 2. The summed E-state index contributed by atoms with van der Waals surface area (Å²) in [4.78, 5) is 20.6. The van der Waals surface area contributed by atoms with E-state index in [1.807, 2.05) is 19.9 Å². The van der Waals surface area contributed by atoms with Crippen molar-refractivity contribution in [2.45, 2.75) is 13.8 Å². The van der Waals surface area contributed by atoms with Gasteiger partial charge in [0, 0.05) is 23.5 Å². The van der Waals surface area contributed by atoms with Gasteiger partial charge in [-0.25, -0.2) is 19.4 Å². The van der Waals surface area contributed by atoms with Crippen LogP contribution >= 0.6 is 0 Å². The van der Waals surface area contributed by atoms with E-state index in [-0.39, 0.29) is 0 Å². The lowest BCUT2D eigenvalue weighted by atomic mass is 10.2. The molecule has 0 atom stereocenters. The molecule has 138 valence electrons. The van der Waals surface area contributed by atoms with Gasteiger partial charge in [-0.1, -0.05) is 0 Å². The predicted octanol–water partition coefficient (Wildman–Crippen LogP) is 2.69. The molecule has 0 saturated heterocycles. The van der Waals surface area contributed by atoms with Crippen molar-refractivity contribution in [3.63, 3.8) is 0 Å². The van der Waals surface area contributed by atoms with Gasteiger partial charge in [0.2, 0.25) is 0 Å². The second-order valence-electron chi connectivity index (χ2n) is 6.04. The minimum atomic E-state index is -0.426. The molecule has 0 aliphatic carbocycles. The monoisotopic (exact) mass is 366 g/mol. The van der Waals surface area contributed by atoms with Crippen LogP contribution in [0.2, 0.25) is 0 Å². The first-order valence-electron chi connectivity index (χ1n) is 8.42. The second kappa shape index (κ2) is 6.94. The predicted molar refractivity (Wildman–Crippen MR) is 98.7 cm³/mol. The zero-order valence-electron chi connectivity index (χ0n) is 14.9. The standard InChI is InChI=1S/C18H18N6O3/c1-11-7-12(2)24(23-11)17-9-16(19-10-20-17)22-18(25)21-13-3-4-14-15(8-13)27-6-5-26-14/h3-4,7-10H,5-6H2,1-2H3,(H2,19,20,21,22,25). The summed E-state index contributed by atoms with van der Waals surface area (Å²) in [5.41, 5.74) is 2.42. The molecular weight excluding hydrogens is 348 g/mol. The Balaban J connectivity index is 1.47. The Bertz CT molecular complexity index is 1000. The zero-order valence-corrected chi connectivity index (χ0v) is 14.9. The van der Waals surface area contributed by atoms with Crippen LogP contribution in [-0.4, -0.2) is 39.0 Å². The van der Waals surface area contributed by atoms with E-state index in [9.17, 15) is 4.79 Å². The minimum absolute atomic E-state index is 0.364. The number of fused-ring (bicyclic) bond motifs is 1. The Labute approximate surface area is 155 Å². The van der Waals surface area contributed by atoms with E-state index in [0.29, 0.717) is 42.0 Å². The molecule has 4 rings (SSSR count). The van der Waals surface area contributed by atoms with Gasteiger partial charge in [-0.05, 0) is 32.0 Å². The third-order valence-electron chi connectivity index (χ3n) is 3.92. The molecule has 1 aliphatic heterocycles. The van der Waals surface area contributed by atoms with Crippen LogP contribution in [0, 0.1) is 13.8 Å². The van der Waals surface area contributed by atoms with E-state index in [2.05, 4.69) is 25.7 Å². The maximum atomic E-state index is 12.3. The van der Waals surface area contributed by atoms with Gasteiger partial charge in [0.25, 0.3) is 0 Å². The molecule has 27 heavy (non-hydrogen) atoms. The van der Waals surface area contributed by atoms with Crippen LogP contribution in [0.1, 0.15) is 11.4 Å². The number of aryl methyl sites for hydroxylation is 2. The van der Waals surface area contributed by atoms with Gasteiger partial charge in [-0.2, -0.15) is 5.10 Å². The number of hydrogen-bond donors (Lipinski definition) is 2. The summed E-state index contributed by atoms with van der Waals surface area (Å²) in [7, 11) is 0. The van der Waals surface area contributed by atoms with E-state index in [1.54, 1.807) is 28.9 Å². The van der Waals surface area contributed by atoms with Gasteiger partial charge in [0.05, 0.1) is 5.69 Å². The van der Waals surface area contributed by atoms with Crippen LogP contribution in [0.4, 0.5) is 16.3 Å². The van der Waals surface area contributed by atoms with Gasteiger partial charge in [0.1, 0.15) is 25.4 Å². The van der Waals surface area contributed by atoms with Crippen molar-refractivity contribution in [1.82, 2.24) is 19.7 Å². The van der Waals surface area contributed by atoms with Crippen LogP contribution in [0.25, 0.3) is 5.82 Å². The van der Waals surface area contributed by atoms with E-state index in [0.717, 1.165) is 11.4 Å². The normalized spacial score (nSPS) is 12.5. The number of hydrogen-bond acceptors (Lipinski definition) is 6. The number of amides is 2. The van der Waals surface area contributed by atoms with Crippen molar-refractivity contribution >= 4 is 17.5 Å². The lowest BCUT2D eigenvalue weighted by Crippen LogP contribution is -2.21. The van der Waals surface area contributed by atoms with E-state index in [1.165, 1.54) is 6.33 Å². The molecular formula is C18H18N6O3. The lowest BCUT2D eigenvalue weighted by molar-refractivity contribution is 0.171. The SMILES string of the molecule is Cc1cc(C)n(-c2cc(NC(=O)Nc3ccc4c(c3)OCCO4)ncn2)n1. The minimum Gasteiger partial charge on any atom is -0.486 e. The molecule has 0 saturated carbocycles. The zero-order chi connectivity index (χ0) is 18.8. The van der Waals surface area contributed by atoms with Crippen molar-refractivity contribution in [2.75, 3.05) is 23.8 Å². The van der Waals surface area contributed by atoms with Gasteiger partial charge < -0.3 is 14.8 Å². The van der Waals surface area contributed by atoms with E-state index < -0.39 is 6.03 Å². The molecule has 0 spiro atoms. The number of carbonyl (C=O) groups excluding carboxylic acids is 1. The van der Waals surface area contributed by atoms with E-state index >= 15 is 0 Å². The number of ether oxygens (including phenoxy) is 2. The second-order valence-corrected chi connectivity index (χ2v) is 6.04. The number of carbonyl (C=O) groups is 1. The fourth-order valence-electron chi connectivity index (χ4n) is 2.79. The summed E-state index contributed by atoms with van der Waals surface area (Å²) in [5, 5.41) is 9.82. The Morgan fingerprint density at radius 1 is 1.04 bits per heavy atom. The van der Waals surface area contributed by atoms with Crippen molar-refractivity contribution in [3.05, 3.63) is 48.0 Å². The van der Waals surface area contributed by atoms with Crippen molar-refractivity contribution in [1.29, 1.82) is 0 Å². The van der Waals surface area contributed by atoms with Crippen LogP contribution in [-0.2, 0) is 0 Å². The lowest BCUT2D eigenvalue weighted by Gasteiger charge is -2.19. The van der Waals surface area contributed by atoms with Gasteiger partial charge in [-0.3, -0.25) is 5.32 Å². The molecule has 2 aromatic heterocycles. The summed E-state index contributed by atoms with van der Waals surface area (Å²) < 4.78 is 12.7. The average Bonchev–Trinajstić information content (AvgIpc) is 3.00. The van der Waals surface area contributed by atoms with Crippen molar-refractivity contribution in [3.8, 4) is 17.3 Å². The smallest absolute Gasteiger partial charge is 0.324 e. The number of urea groups is 1. The Morgan fingerprint density at radius 3 is 2.63 bits per heavy atom. The molecule has 1 aromatic carbocycles. The molecule has 2 N–H and O–H groups in total. The number of benzene rings is 1. The fraction of sp³-hybridized carbons (Fsp3) is 0.222. The van der Waals surface area contributed by atoms with Crippen molar-refractivity contribution < 1.29 is 14.3 Å². The number of nitrogens with zero attached hydrogens (tertiary/aromatic N) is 4. The van der Waals surface area contributed by atoms with Crippen LogP contribution in [0.3, 0.4) is 0 Å². The van der Waals surface area contributed by atoms with Crippen molar-refractivity contribution in [2.24, 2.45) is 0 Å². The Kier molecular flexibility index (Phi) is 4.33.